The molecule has 7 nitrogen and oxygen atoms in total. The molecule has 7 heteroatoms. The third-order valence-electron chi connectivity index (χ3n) is 4.27. The molecule has 2 aromatic carbocycles. The van der Waals surface area contributed by atoms with Crippen LogP contribution < -0.4 is 10.9 Å². The fourth-order valence-electron chi connectivity index (χ4n) is 2.90. The highest BCUT2D eigenvalue weighted by Crippen LogP contribution is 2.14. The van der Waals surface area contributed by atoms with Gasteiger partial charge in [0.25, 0.3) is 11.5 Å². The molecule has 0 fully saturated rings. The highest BCUT2D eigenvalue weighted by molar-refractivity contribution is 6.04. The minimum Gasteiger partial charge on any atom is -0.478 e. The lowest BCUT2D eigenvalue weighted by Crippen LogP contribution is -2.31. The molecule has 1 amide bonds. The molecular formula is C21H21N3O4. The predicted molar refractivity (Wildman–Crippen MR) is 105 cm³/mol. The molecule has 1 heterocycles. The van der Waals surface area contributed by atoms with Gasteiger partial charge in [-0.25, -0.2) is 9.48 Å². The summed E-state index contributed by atoms with van der Waals surface area (Å²) in [7, 11) is 0. The minimum absolute atomic E-state index is 0.184. The third-order valence-corrected chi connectivity index (χ3v) is 4.27. The number of aromatic nitrogens is 2. The first-order valence-corrected chi connectivity index (χ1v) is 8.97. The first kappa shape index (κ1) is 19.3. The lowest BCUT2D eigenvalue weighted by atomic mass is 10.1. The van der Waals surface area contributed by atoms with Crippen LogP contribution in [0, 0.1) is 5.92 Å². The molecule has 2 N–H and O–H groups in total. The fourth-order valence-corrected chi connectivity index (χ4v) is 2.90. The van der Waals surface area contributed by atoms with Crippen LogP contribution in [-0.2, 0) is 13.1 Å². The number of carbonyl (C=O) groups is 2. The quantitative estimate of drug-likeness (QED) is 0.686. The van der Waals surface area contributed by atoms with E-state index < -0.39 is 11.9 Å². The molecule has 0 atom stereocenters. The molecule has 0 unspecified atom stereocenters. The van der Waals surface area contributed by atoms with E-state index in [9.17, 15) is 14.4 Å². The van der Waals surface area contributed by atoms with Gasteiger partial charge < -0.3 is 10.4 Å². The lowest BCUT2D eigenvalue weighted by molar-refractivity contribution is 0.0696. The Morgan fingerprint density at radius 1 is 1.07 bits per heavy atom. The number of benzene rings is 2. The Kier molecular flexibility index (Phi) is 5.54. The molecule has 28 heavy (non-hydrogen) atoms. The largest absolute Gasteiger partial charge is 0.478 e. The van der Waals surface area contributed by atoms with Gasteiger partial charge in [0.05, 0.1) is 10.9 Å². The van der Waals surface area contributed by atoms with Crippen molar-refractivity contribution in [2.24, 2.45) is 5.92 Å². The number of nitrogens with zero attached hydrogens (tertiary/aromatic N) is 2. The number of hydrogen-bond donors (Lipinski definition) is 2. The Hall–Kier alpha value is -3.48. The molecule has 0 radical (unpaired) electrons. The number of carboxylic acids is 1. The van der Waals surface area contributed by atoms with Crippen LogP contribution in [0.4, 0.5) is 0 Å². The first-order valence-electron chi connectivity index (χ1n) is 8.97. The van der Waals surface area contributed by atoms with Crippen LogP contribution in [0.1, 0.15) is 40.3 Å². The number of aromatic carboxylic acids is 1. The van der Waals surface area contributed by atoms with Gasteiger partial charge in [0.1, 0.15) is 0 Å². The van der Waals surface area contributed by atoms with Gasteiger partial charge in [-0.05, 0) is 29.7 Å². The Balaban J connectivity index is 1.89. The van der Waals surface area contributed by atoms with Crippen LogP contribution in [0.3, 0.4) is 0 Å². The summed E-state index contributed by atoms with van der Waals surface area (Å²) in [5, 5.41) is 17.0. The fraction of sp³-hybridized carbons (Fsp3) is 0.238. The van der Waals surface area contributed by atoms with E-state index in [1.54, 1.807) is 36.4 Å². The number of hydrogen-bond acceptors (Lipinski definition) is 4. The highest BCUT2D eigenvalue weighted by atomic mass is 16.4. The van der Waals surface area contributed by atoms with Crippen LogP contribution in [0.25, 0.3) is 10.8 Å². The van der Waals surface area contributed by atoms with E-state index >= 15 is 0 Å². The number of fused-ring (bicyclic) bond motifs is 1. The topological polar surface area (TPSA) is 101 Å². The molecule has 0 aliphatic heterocycles. The van der Waals surface area contributed by atoms with Crippen molar-refractivity contribution < 1.29 is 14.7 Å². The van der Waals surface area contributed by atoms with E-state index in [0.29, 0.717) is 17.3 Å². The molecule has 1 aromatic heterocycles. The van der Waals surface area contributed by atoms with Crippen LogP contribution in [-0.4, -0.2) is 26.8 Å². The van der Waals surface area contributed by atoms with Crippen molar-refractivity contribution in [3.63, 3.8) is 0 Å². The van der Waals surface area contributed by atoms with Gasteiger partial charge in [-0.1, -0.05) is 44.2 Å². The number of carbonyl (C=O) groups excluding carboxylic acids is 1. The van der Waals surface area contributed by atoms with Crippen LogP contribution >= 0.6 is 0 Å². The van der Waals surface area contributed by atoms with E-state index in [1.165, 1.54) is 16.8 Å². The minimum atomic E-state index is -1.00. The van der Waals surface area contributed by atoms with E-state index in [2.05, 4.69) is 10.4 Å². The molecule has 144 valence electrons. The summed E-state index contributed by atoms with van der Waals surface area (Å²) in [5.74, 6) is -1.19. The van der Waals surface area contributed by atoms with Crippen molar-refractivity contribution in [2.75, 3.05) is 0 Å². The van der Waals surface area contributed by atoms with Crippen molar-refractivity contribution in [3.8, 4) is 0 Å². The maximum atomic E-state index is 12.8. The first-order chi connectivity index (χ1) is 13.4. The van der Waals surface area contributed by atoms with Gasteiger partial charge in [0, 0.05) is 18.5 Å². The molecule has 3 aromatic rings. The molecule has 0 aliphatic rings. The van der Waals surface area contributed by atoms with Gasteiger partial charge in [-0.15, -0.1) is 0 Å². The zero-order valence-electron chi connectivity index (χ0n) is 15.7. The predicted octanol–water partition coefficient (Wildman–Crippen LogP) is 2.68. The van der Waals surface area contributed by atoms with Crippen molar-refractivity contribution in [1.82, 2.24) is 15.1 Å². The molecule has 0 spiro atoms. The molecule has 3 rings (SSSR count). The van der Waals surface area contributed by atoms with Crippen LogP contribution in [0.15, 0.2) is 53.3 Å². The SMILES string of the molecule is CC(C)Cn1nc(C(=O)NCc2ccc(C(=O)O)cc2)c2ccccc2c1=O. The summed E-state index contributed by atoms with van der Waals surface area (Å²) in [6.07, 6.45) is 0. The summed E-state index contributed by atoms with van der Waals surface area (Å²) < 4.78 is 1.34. The van der Waals surface area contributed by atoms with Crippen molar-refractivity contribution in [2.45, 2.75) is 26.9 Å². The van der Waals surface area contributed by atoms with E-state index in [1.807, 2.05) is 13.8 Å². The van der Waals surface area contributed by atoms with Gasteiger partial charge in [0.2, 0.25) is 0 Å². The average molecular weight is 379 g/mol. The number of amides is 1. The monoisotopic (exact) mass is 379 g/mol. The molecule has 0 bridgehead atoms. The van der Waals surface area contributed by atoms with Crippen molar-refractivity contribution >= 4 is 22.6 Å². The zero-order chi connectivity index (χ0) is 20.3. The van der Waals surface area contributed by atoms with Gasteiger partial charge in [0.15, 0.2) is 5.69 Å². The van der Waals surface area contributed by atoms with E-state index in [-0.39, 0.29) is 29.3 Å². The number of rotatable bonds is 6. The summed E-state index contributed by atoms with van der Waals surface area (Å²) in [6.45, 7) is 4.59. The van der Waals surface area contributed by atoms with Gasteiger partial charge >= 0.3 is 5.97 Å². The summed E-state index contributed by atoms with van der Waals surface area (Å²) in [4.78, 5) is 36.3. The standard InChI is InChI=1S/C21H21N3O4/c1-13(2)12-24-20(26)17-6-4-3-5-16(17)18(23-24)19(25)22-11-14-7-9-15(10-8-14)21(27)28/h3-10,13H,11-12H2,1-2H3,(H,22,25)(H,27,28). The van der Waals surface area contributed by atoms with Crippen LogP contribution in [0.2, 0.25) is 0 Å². The van der Waals surface area contributed by atoms with E-state index in [4.69, 9.17) is 5.11 Å². The average Bonchev–Trinajstić information content (AvgIpc) is 2.68. The summed E-state index contributed by atoms with van der Waals surface area (Å²) in [5.41, 5.74) is 0.921. The number of carboxylic acid groups (broad SMARTS) is 1. The second-order valence-corrected chi connectivity index (χ2v) is 6.96. The molecule has 0 aliphatic carbocycles. The maximum Gasteiger partial charge on any atom is 0.335 e. The smallest absolute Gasteiger partial charge is 0.335 e. The normalized spacial score (nSPS) is 11.0. The Bertz CT molecular complexity index is 1080. The van der Waals surface area contributed by atoms with Gasteiger partial charge in [-0.2, -0.15) is 5.10 Å². The lowest BCUT2D eigenvalue weighted by Gasteiger charge is -2.12. The second kappa shape index (κ2) is 8.04. The van der Waals surface area contributed by atoms with E-state index in [0.717, 1.165) is 5.56 Å². The summed E-state index contributed by atoms with van der Waals surface area (Å²) in [6, 6.07) is 13.2. The van der Waals surface area contributed by atoms with Crippen molar-refractivity contribution in [3.05, 3.63) is 75.7 Å². The van der Waals surface area contributed by atoms with Gasteiger partial charge in [-0.3, -0.25) is 9.59 Å². The highest BCUT2D eigenvalue weighted by Gasteiger charge is 2.17. The summed E-state index contributed by atoms with van der Waals surface area (Å²) >= 11 is 0. The molecule has 0 saturated heterocycles. The maximum absolute atomic E-state index is 12.8. The Morgan fingerprint density at radius 2 is 1.71 bits per heavy atom. The molecule has 0 saturated carbocycles. The Morgan fingerprint density at radius 3 is 2.32 bits per heavy atom. The Labute approximate surface area is 161 Å². The number of nitrogens with one attached hydrogen (secondary N) is 1. The molecular weight excluding hydrogens is 358 g/mol. The van der Waals surface area contributed by atoms with Crippen molar-refractivity contribution in [1.29, 1.82) is 0 Å². The zero-order valence-corrected chi connectivity index (χ0v) is 15.7. The third kappa shape index (κ3) is 4.09. The van der Waals surface area contributed by atoms with Crippen LogP contribution in [0.5, 0.6) is 0 Å². The second-order valence-electron chi connectivity index (χ2n) is 6.96.